The second-order valence-electron chi connectivity index (χ2n) is 6.31. The van der Waals surface area contributed by atoms with E-state index in [0.29, 0.717) is 6.42 Å². The number of hydrogen-bond donors (Lipinski definition) is 1. The number of para-hydroxylation sites is 1. The molecule has 0 saturated carbocycles. The van der Waals surface area contributed by atoms with Gasteiger partial charge in [-0.1, -0.05) is 36.4 Å². The first kappa shape index (κ1) is 18.2. The summed E-state index contributed by atoms with van der Waals surface area (Å²) in [6.45, 7) is 1.87. The summed E-state index contributed by atoms with van der Waals surface area (Å²) in [5, 5.41) is 3.86. The number of benzene rings is 2. The highest BCUT2D eigenvalue weighted by atomic mass is 32.2. The van der Waals surface area contributed by atoms with Crippen LogP contribution >= 0.6 is 0 Å². The van der Waals surface area contributed by atoms with Gasteiger partial charge in [0, 0.05) is 24.3 Å². The van der Waals surface area contributed by atoms with Gasteiger partial charge in [0.05, 0.1) is 10.6 Å². The van der Waals surface area contributed by atoms with Crippen molar-refractivity contribution < 1.29 is 17.6 Å². The molecule has 0 saturated heterocycles. The molecular weight excluding hydrogens is 350 g/mol. The molecule has 0 bridgehead atoms. The summed E-state index contributed by atoms with van der Waals surface area (Å²) >= 11 is 0. The average molecular weight is 371 g/mol. The highest BCUT2D eigenvalue weighted by molar-refractivity contribution is 7.91. The van der Waals surface area contributed by atoms with E-state index in [9.17, 15) is 13.2 Å². The lowest BCUT2D eigenvalue weighted by Crippen LogP contribution is -2.34. The summed E-state index contributed by atoms with van der Waals surface area (Å²) in [5.74, 6) is 0.296. The van der Waals surface area contributed by atoms with Crippen LogP contribution in [0, 0.1) is 0 Å². The first-order valence-corrected chi connectivity index (χ1v) is 10.1. The molecule has 3 rings (SSSR count). The molecular formula is C20H21NO4S. The van der Waals surface area contributed by atoms with E-state index in [-0.39, 0.29) is 29.0 Å². The highest BCUT2D eigenvalue weighted by Crippen LogP contribution is 2.19. The molecule has 26 heavy (non-hydrogen) atoms. The van der Waals surface area contributed by atoms with E-state index in [1.165, 1.54) is 12.1 Å². The Hall–Kier alpha value is -2.60. The molecule has 136 valence electrons. The van der Waals surface area contributed by atoms with Gasteiger partial charge in [0.1, 0.15) is 11.3 Å². The minimum Gasteiger partial charge on any atom is -0.461 e. The van der Waals surface area contributed by atoms with Crippen molar-refractivity contribution in [1.82, 2.24) is 5.32 Å². The van der Waals surface area contributed by atoms with Gasteiger partial charge in [-0.2, -0.15) is 0 Å². The van der Waals surface area contributed by atoms with Gasteiger partial charge in [-0.3, -0.25) is 4.79 Å². The summed E-state index contributed by atoms with van der Waals surface area (Å²) in [7, 11) is -3.45. The largest absolute Gasteiger partial charge is 0.461 e. The van der Waals surface area contributed by atoms with E-state index in [1.54, 1.807) is 18.2 Å². The Labute approximate surface area is 152 Å². The van der Waals surface area contributed by atoms with Gasteiger partial charge in [-0.15, -0.1) is 0 Å². The molecule has 1 unspecified atom stereocenters. The van der Waals surface area contributed by atoms with Gasteiger partial charge in [-0.05, 0) is 31.2 Å². The third kappa shape index (κ3) is 4.52. The topological polar surface area (TPSA) is 76.4 Å². The summed E-state index contributed by atoms with van der Waals surface area (Å²) in [4.78, 5) is 12.3. The van der Waals surface area contributed by atoms with Crippen LogP contribution in [0.15, 0.2) is 70.0 Å². The maximum atomic E-state index is 12.2. The summed E-state index contributed by atoms with van der Waals surface area (Å²) in [5.41, 5.74) is 0.815. The van der Waals surface area contributed by atoms with Crippen LogP contribution in [-0.4, -0.2) is 26.1 Å². The minimum absolute atomic E-state index is 0.0678. The summed E-state index contributed by atoms with van der Waals surface area (Å²) < 4.78 is 30.2. The molecule has 1 atom stereocenters. The van der Waals surface area contributed by atoms with E-state index in [1.807, 2.05) is 37.3 Å². The van der Waals surface area contributed by atoms with Gasteiger partial charge in [0.15, 0.2) is 9.84 Å². The van der Waals surface area contributed by atoms with Gasteiger partial charge in [-0.25, -0.2) is 8.42 Å². The molecule has 0 aliphatic carbocycles. The number of sulfone groups is 1. The zero-order valence-electron chi connectivity index (χ0n) is 14.5. The number of rotatable bonds is 7. The van der Waals surface area contributed by atoms with E-state index in [0.717, 1.165) is 16.7 Å². The molecule has 5 nitrogen and oxygen atoms in total. The van der Waals surface area contributed by atoms with E-state index < -0.39 is 9.84 Å². The van der Waals surface area contributed by atoms with Crippen LogP contribution in [0.3, 0.4) is 0 Å². The molecule has 1 heterocycles. The van der Waals surface area contributed by atoms with Gasteiger partial charge >= 0.3 is 0 Å². The van der Waals surface area contributed by atoms with Crippen molar-refractivity contribution in [2.24, 2.45) is 0 Å². The van der Waals surface area contributed by atoms with Crippen LogP contribution in [0.4, 0.5) is 0 Å². The number of amides is 1. The maximum absolute atomic E-state index is 12.2. The van der Waals surface area contributed by atoms with Crippen molar-refractivity contribution >= 4 is 26.7 Å². The Kier molecular flexibility index (Phi) is 5.42. The molecule has 0 aliphatic rings. The number of hydrogen-bond acceptors (Lipinski definition) is 4. The summed E-state index contributed by atoms with van der Waals surface area (Å²) in [6.07, 6.45) is 0.480. The van der Waals surface area contributed by atoms with Crippen LogP contribution < -0.4 is 5.32 Å². The predicted octanol–water partition coefficient (Wildman–Crippen LogP) is 3.34. The van der Waals surface area contributed by atoms with Crippen LogP contribution in [0.5, 0.6) is 0 Å². The van der Waals surface area contributed by atoms with Crippen LogP contribution in [0.25, 0.3) is 11.0 Å². The smallest absolute Gasteiger partial charge is 0.221 e. The molecule has 1 aromatic heterocycles. The lowest BCUT2D eigenvalue weighted by Gasteiger charge is -2.12. The number of carbonyl (C=O) groups excluding carboxylic acids is 1. The fraction of sp³-hybridized carbons (Fsp3) is 0.250. The molecule has 3 aromatic rings. The molecule has 2 aromatic carbocycles. The molecule has 0 radical (unpaired) electrons. The Balaban J connectivity index is 1.52. The normalized spacial score (nSPS) is 12.8. The monoisotopic (exact) mass is 371 g/mol. The third-order valence-electron chi connectivity index (χ3n) is 4.09. The zero-order valence-corrected chi connectivity index (χ0v) is 15.3. The number of fused-ring (bicyclic) bond motifs is 1. The van der Waals surface area contributed by atoms with Crippen molar-refractivity contribution in [2.45, 2.75) is 30.7 Å². The predicted molar refractivity (Wildman–Crippen MR) is 101 cm³/mol. The number of furan rings is 1. The maximum Gasteiger partial charge on any atom is 0.221 e. The molecule has 1 amide bonds. The van der Waals surface area contributed by atoms with Crippen molar-refractivity contribution in [3.8, 4) is 0 Å². The zero-order chi connectivity index (χ0) is 18.6. The fourth-order valence-electron chi connectivity index (χ4n) is 2.81. The molecule has 0 aliphatic heterocycles. The lowest BCUT2D eigenvalue weighted by atomic mass is 10.1. The van der Waals surface area contributed by atoms with Crippen LogP contribution in [0.2, 0.25) is 0 Å². The Bertz CT molecular complexity index is 960. The minimum atomic E-state index is -3.45. The quantitative estimate of drug-likeness (QED) is 0.691. The number of nitrogens with one attached hydrogen (secondary N) is 1. The molecule has 6 heteroatoms. The third-order valence-corrected chi connectivity index (χ3v) is 5.82. The molecule has 0 spiro atoms. The van der Waals surface area contributed by atoms with E-state index in [4.69, 9.17) is 4.42 Å². The fourth-order valence-corrected chi connectivity index (χ4v) is 4.07. The van der Waals surface area contributed by atoms with Crippen LogP contribution in [0.1, 0.15) is 19.1 Å². The second-order valence-corrected chi connectivity index (χ2v) is 8.41. The van der Waals surface area contributed by atoms with E-state index in [2.05, 4.69) is 5.32 Å². The standard InChI is InChI=1S/C20H21NO4S/c1-15(13-17-14-16-7-5-6-10-19(16)25-17)21-20(22)11-12-26(23,24)18-8-3-2-4-9-18/h2-10,14-15H,11-13H2,1H3,(H,21,22). The van der Waals surface area contributed by atoms with Crippen molar-refractivity contribution in [1.29, 1.82) is 0 Å². The Morgan fingerprint density at radius 3 is 2.50 bits per heavy atom. The van der Waals surface area contributed by atoms with Crippen LogP contribution in [-0.2, 0) is 21.1 Å². The first-order chi connectivity index (χ1) is 12.4. The molecule has 0 fully saturated rings. The van der Waals surface area contributed by atoms with Gasteiger partial charge < -0.3 is 9.73 Å². The second kappa shape index (κ2) is 7.74. The van der Waals surface area contributed by atoms with Crippen molar-refractivity contribution in [3.05, 3.63) is 66.4 Å². The van der Waals surface area contributed by atoms with E-state index >= 15 is 0 Å². The Morgan fingerprint density at radius 2 is 1.77 bits per heavy atom. The average Bonchev–Trinajstić information content (AvgIpc) is 3.03. The first-order valence-electron chi connectivity index (χ1n) is 8.49. The molecule has 1 N–H and O–H groups in total. The van der Waals surface area contributed by atoms with Gasteiger partial charge in [0.25, 0.3) is 0 Å². The summed E-state index contributed by atoms with van der Waals surface area (Å²) in [6, 6.07) is 17.7. The lowest BCUT2D eigenvalue weighted by molar-refractivity contribution is -0.121. The van der Waals surface area contributed by atoms with Crippen molar-refractivity contribution in [3.63, 3.8) is 0 Å². The van der Waals surface area contributed by atoms with Crippen molar-refractivity contribution in [2.75, 3.05) is 5.75 Å². The number of carbonyl (C=O) groups is 1. The highest BCUT2D eigenvalue weighted by Gasteiger charge is 2.17. The Morgan fingerprint density at radius 1 is 1.08 bits per heavy atom. The van der Waals surface area contributed by atoms with Gasteiger partial charge in [0.2, 0.25) is 5.91 Å². The SMILES string of the molecule is CC(Cc1cc2ccccc2o1)NC(=O)CCS(=O)(=O)c1ccccc1.